The number of aryl methyl sites for hydroxylation is 1. The summed E-state index contributed by atoms with van der Waals surface area (Å²) in [5.74, 6) is 1.61. The molecule has 15 heteroatoms. The number of piperazine rings is 1. The molecule has 2 N–H and O–H groups in total. The van der Waals surface area contributed by atoms with Gasteiger partial charge < -0.3 is 42.8 Å². The first kappa shape index (κ1) is 35.8. The van der Waals surface area contributed by atoms with Crippen LogP contribution in [0.5, 0.6) is 34.5 Å². The molecular formula is C42H40N4O10S. The molecule has 0 amide bonds. The number of ether oxygens (including phenoxy) is 6. The number of phenolic OH excluding ortho intramolecular Hbond substituents is 1. The maximum atomic E-state index is 14.9. The summed E-state index contributed by atoms with van der Waals surface area (Å²) in [4.78, 5) is 32.1. The zero-order chi connectivity index (χ0) is 39.7. The molecule has 5 atom stereocenters. The van der Waals surface area contributed by atoms with Gasteiger partial charge in [0.05, 0.1) is 48.9 Å². The molecule has 0 radical (unpaired) electrons. The van der Waals surface area contributed by atoms with E-state index in [1.807, 2.05) is 45.2 Å². The van der Waals surface area contributed by atoms with Crippen LogP contribution >= 0.6 is 11.8 Å². The quantitative estimate of drug-likeness (QED) is 0.203. The molecule has 1 saturated heterocycles. The van der Waals surface area contributed by atoms with E-state index in [2.05, 4.69) is 21.2 Å². The van der Waals surface area contributed by atoms with Gasteiger partial charge in [-0.2, -0.15) is 5.26 Å². The van der Waals surface area contributed by atoms with Crippen LogP contribution in [0.3, 0.4) is 0 Å². The number of likely N-dealkylation sites (N-methyl/N-ethyl adjacent to an activating group) is 1. The van der Waals surface area contributed by atoms with E-state index in [0.29, 0.717) is 81.0 Å². The average molecular weight is 793 g/mol. The molecule has 14 nitrogen and oxygen atoms in total. The number of hydrogen-bond acceptors (Lipinski definition) is 15. The highest BCUT2D eigenvalue weighted by molar-refractivity contribution is 7.99. The van der Waals surface area contributed by atoms with Crippen LogP contribution in [-0.2, 0) is 32.7 Å². The van der Waals surface area contributed by atoms with Crippen LogP contribution in [0, 0.1) is 25.2 Å². The van der Waals surface area contributed by atoms with Gasteiger partial charge in [-0.05, 0) is 56.6 Å². The molecule has 0 aliphatic carbocycles. The molecule has 294 valence electrons. The fourth-order valence-electron chi connectivity index (χ4n) is 10.3. The number of aromatic hydroxyl groups is 1. The molecule has 4 aromatic rings. The predicted molar refractivity (Wildman–Crippen MR) is 206 cm³/mol. The molecule has 9 heterocycles. The summed E-state index contributed by atoms with van der Waals surface area (Å²) in [5, 5.41) is 27.3. The zero-order valence-corrected chi connectivity index (χ0v) is 33.0. The van der Waals surface area contributed by atoms with E-state index in [1.165, 1.54) is 32.1 Å². The van der Waals surface area contributed by atoms with Gasteiger partial charge in [0, 0.05) is 59.8 Å². The number of hydrogen-bond donors (Lipinski definition) is 2. The van der Waals surface area contributed by atoms with Crippen LogP contribution in [0.25, 0.3) is 16.7 Å². The van der Waals surface area contributed by atoms with Crippen LogP contribution in [-0.4, -0.2) is 85.3 Å². The van der Waals surface area contributed by atoms with Crippen molar-refractivity contribution >= 4 is 40.4 Å². The number of fused-ring (bicyclic) bond motifs is 8. The molecule has 1 unspecified atom stereocenters. The monoisotopic (exact) mass is 792 g/mol. The summed E-state index contributed by atoms with van der Waals surface area (Å²) in [6, 6.07) is 9.15. The number of nitriles is 1. The van der Waals surface area contributed by atoms with Gasteiger partial charge in [0.15, 0.2) is 28.5 Å². The van der Waals surface area contributed by atoms with Crippen molar-refractivity contribution in [2.45, 2.75) is 62.0 Å². The number of furan rings is 1. The van der Waals surface area contributed by atoms with Crippen LogP contribution in [0.15, 0.2) is 34.9 Å². The normalized spacial score (nSPS) is 27.7. The van der Waals surface area contributed by atoms with E-state index < -0.39 is 40.4 Å². The number of phenols is 1. The molecule has 1 spiro atoms. The maximum absolute atomic E-state index is 14.9. The number of rotatable bonds is 3. The minimum atomic E-state index is -1.44. The second kappa shape index (κ2) is 12.5. The Morgan fingerprint density at radius 1 is 1.12 bits per heavy atom. The number of carbonyl (C=O) groups is 2. The lowest BCUT2D eigenvalue weighted by molar-refractivity contribution is -0.146. The van der Waals surface area contributed by atoms with Crippen molar-refractivity contribution in [1.82, 2.24) is 15.1 Å². The molecule has 1 fully saturated rings. The SMILES string of the molecule is COc1ccc2oc3c(c2c1)CCN[C@]31CS[C@@H]2c3c(OC(C)=O)c(C)c4c(c3/C(=C\OC1=O)N1[C@@H]2[C@@H]2c3c(cc(C)c(OC)c3O)CC1(C#N)CN2C)OCO4. The molecule has 1 aromatic heterocycles. The minimum Gasteiger partial charge on any atom is -0.504 e. The van der Waals surface area contributed by atoms with Crippen molar-refractivity contribution < 1.29 is 47.5 Å². The second-order valence-electron chi connectivity index (χ2n) is 15.6. The van der Waals surface area contributed by atoms with Gasteiger partial charge in [-0.15, -0.1) is 11.8 Å². The van der Waals surface area contributed by atoms with Crippen molar-refractivity contribution in [3.63, 3.8) is 0 Å². The molecule has 4 bridgehead atoms. The number of carbonyl (C=O) groups excluding carboxylic acids is 2. The van der Waals surface area contributed by atoms with Gasteiger partial charge in [-0.3, -0.25) is 15.0 Å². The van der Waals surface area contributed by atoms with Gasteiger partial charge in [-0.1, -0.05) is 6.07 Å². The van der Waals surface area contributed by atoms with Crippen LogP contribution in [0.2, 0.25) is 0 Å². The third-order valence-corrected chi connectivity index (χ3v) is 14.0. The third-order valence-electron chi connectivity index (χ3n) is 12.5. The Balaban J connectivity index is 1.28. The summed E-state index contributed by atoms with van der Waals surface area (Å²) in [5.41, 5.74) is 3.15. The van der Waals surface area contributed by atoms with Gasteiger partial charge in [0.25, 0.3) is 0 Å². The molecular weight excluding hydrogens is 753 g/mol. The van der Waals surface area contributed by atoms with Crippen LogP contribution < -0.4 is 29.0 Å². The van der Waals surface area contributed by atoms with E-state index >= 15 is 0 Å². The fourth-order valence-corrected chi connectivity index (χ4v) is 11.9. The van der Waals surface area contributed by atoms with Gasteiger partial charge >= 0.3 is 11.9 Å². The van der Waals surface area contributed by atoms with Crippen molar-refractivity contribution in [3.05, 3.63) is 75.2 Å². The van der Waals surface area contributed by atoms with E-state index in [0.717, 1.165) is 22.1 Å². The fraction of sp³-hybridized carbons (Fsp3) is 0.405. The number of thioether (sulfide) groups is 1. The largest absolute Gasteiger partial charge is 0.504 e. The predicted octanol–water partition coefficient (Wildman–Crippen LogP) is 5.29. The minimum absolute atomic E-state index is 0.00776. The molecule has 0 saturated carbocycles. The highest BCUT2D eigenvalue weighted by Gasteiger charge is 2.63. The lowest BCUT2D eigenvalue weighted by atomic mass is 9.78. The first-order chi connectivity index (χ1) is 27.5. The van der Waals surface area contributed by atoms with Crippen LogP contribution in [0.4, 0.5) is 0 Å². The van der Waals surface area contributed by atoms with E-state index in [9.17, 15) is 20.0 Å². The van der Waals surface area contributed by atoms with Gasteiger partial charge in [0.1, 0.15) is 34.6 Å². The van der Waals surface area contributed by atoms with Crippen LogP contribution in [0.1, 0.15) is 62.9 Å². The first-order valence-corrected chi connectivity index (χ1v) is 19.8. The number of esters is 2. The summed E-state index contributed by atoms with van der Waals surface area (Å²) in [6.07, 6.45) is 2.26. The van der Waals surface area contributed by atoms with Crippen molar-refractivity contribution in [1.29, 1.82) is 5.26 Å². The summed E-state index contributed by atoms with van der Waals surface area (Å²) in [7, 11) is 5.10. The highest BCUT2D eigenvalue weighted by Crippen LogP contribution is 2.65. The molecule has 57 heavy (non-hydrogen) atoms. The Kier molecular flexibility index (Phi) is 7.84. The van der Waals surface area contributed by atoms with Gasteiger partial charge in [-0.25, -0.2) is 4.79 Å². The smallest absolute Gasteiger partial charge is 0.340 e. The van der Waals surface area contributed by atoms with Crippen molar-refractivity contribution in [2.24, 2.45) is 0 Å². The third kappa shape index (κ3) is 4.71. The summed E-state index contributed by atoms with van der Waals surface area (Å²) < 4.78 is 42.7. The number of benzene rings is 3. The molecule has 3 aromatic carbocycles. The maximum Gasteiger partial charge on any atom is 0.340 e. The summed E-state index contributed by atoms with van der Waals surface area (Å²) >= 11 is 1.47. The Morgan fingerprint density at radius 2 is 1.93 bits per heavy atom. The Hall–Kier alpha value is -5.56. The first-order valence-electron chi connectivity index (χ1n) is 18.8. The lowest BCUT2D eigenvalue weighted by Crippen LogP contribution is -2.67. The average Bonchev–Trinajstić information content (AvgIpc) is 3.78. The Morgan fingerprint density at radius 3 is 2.68 bits per heavy atom. The second-order valence-corrected chi connectivity index (χ2v) is 16.7. The number of nitrogens with one attached hydrogen (secondary N) is 1. The van der Waals surface area contributed by atoms with Crippen molar-refractivity contribution in [2.75, 3.05) is 46.9 Å². The van der Waals surface area contributed by atoms with Gasteiger partial charge in [0.2, 0.25) is 6.79 Å². The molecule has 8 aliphatic rings. The molecule has 12 rings (SSSR count). The lowest BCUT2D eigenvalue weighted by Gasteiger charge is -2.59. The topological polar surface area (TPSA) is 165 Å². The Bertz CT molecular complexity index is 2540. The van der Waals surface area contributed by atoms with E-state index in [1.54, 1.807) is 7.11 Å². The standard InChI is InChI=1S/C42H40N4O10S/c1-19-11-22-13-41(15-43)16-45(4)31(28(22)33(48)34(19)51-6)32-38-30-29(37-36(53-18-54-37)20(2)35(30)55-21(3)47)26(46(32)41)14-52-40(49)42(17-57-38)39-24(9-10-44-42)25-12-23(50-5)7-8-27(25)56-39/h7-8,11-12,14,31-32,38,44,48H,9-10,13,16-18H2,1-6H3/b26-14+/t31-,32+,38+,41?,42+/m0/s1. The molecule has 8 aliphatic heterocycles. The highest BCUT2D eigenvalue weighted by atomic mass is 32.2. The summed E-state index contributed by atoms with van der Waals surface area (Å²) in [6.45, 7) is 5.71. The van der Waals surface area contributed by atoms with E-state index in [4.69, 9.17) is 32.8 Å². The Labute approximate surface area is 332 Å². The number of nitrogens with zero attached hydrogens (tertiary/aromatic N) is 3. The van der Waals surface area contributed by atoms with Crippen molar-refractivity contribution in [3.8, 4) is 40.6 Å². The van der Waals surface area contributed by atoms with E-state index in [-0.39, 0.29) is 31.3 Å². The zero-order valence-electron chi connectivity index (χ0n) is 32.2. The number of methoxy groups -OCH3 is 2.